The molecule has 0 bridgehead atoms. The fourth-order valence-electron chi connectivity index (χ4n) is 3.13. The number of nitrogens with zero attached hydrogens (tertiary/aromatic N) is 2. The predicted octanol–water partition coefficient (Wildman–Crippen LogP) is 1.95. The topological polar surface area (TPSA) is 86.8 Å². The quantitative estimate of drug-likeness (QED) is 0.889. The molecule has 0 saturated carbocycles. The van der Waals surface area contributed by atoms with Gasteiger partial charge in [0.15, 0.2) is 0 Å². The fraction of sp³-hybridized carbons (Fsp3) is 0.412. The van der Waals surface area contributed by atoms with Crippen molar-refractivity contribution in [2.24, 2.45) is 0 Å². The third-order valence-electron chi connectivity index (χ3n) is 4.35. The summed E-state index contributed by atoms with van der Waals surface area (Å²) >= 11 is 1.04. The molecule has 132 valence electrons. The van der Waals surface area contributed by atoms with Gasteiger partial charge in [-0.25, -0.2) is 0 Å². The highest BCUT2D eigenvalue weighted by atomic mass is 32.2. The molecule has 0 unspecified atom stereocenters. The standard InChI is InChI=1S/C17H19N3O4S/c1-11(21)18-13-4-2-12(3-5-13)16(23)19-8-6-14(7-9-19)20-15(22)10-25-17(20)24/h2-5,14H,6-10H2,1H3,(H,18,21). The number of thioether (sulfide) groups is 1. The zero-order valence-electron chi connectivity index (χ0n) is 13.9. The molecule has 8 heteroatoms. The Labute approximate surface area is 149 Å². The Morgan fingerprint density at radius 1 is 1.12 bits per heavy atom. The van der Waals surface area contributed by atoms with E-state index in [1.165, 1.54) is 11.8 Å². The molecule has 25 heavy (non-hydrogen) atoms. The Morgan fingerprint density at radius 3 is 2.28 bits per heavy atom. The zero-order valence-corrected chi connectivity index (χ0v) is 14.7. The van der Waals surface area contributed by atoms with Gasteiger partial charge in [0.1, 0.15) is 0 Å². The van der Waals surface area contributed by atoms with Crippen LogP contribution in [0.4, 0.5) is 10.5 Å². The van der Waals surface area contributed by atoms with Crippen molar-refractivity contribution in [3.63, 3.8) is 0 Å². The molecule has 0 atom stereocenters. The highest BCUT2D eigenvalue weighted by Crippen LogP contribution is 2.27. The first-order chi connectivity index (χ1) is 12.0. The summed E-state index contributed by atoms with van der Waals surface area (Å²) in [7, 11) is 0. The minimum absolute atomic E-state index is 0.0822. The molecular formula is C17H19N3O4S. The summed E-state index contributed by atoms with van der Waals surface area (Å²) in [6, 6.07) is 6.65. The molecule has 4 amide bonds. The van der Waals surface area contributed by atoms with Gasteiger partial charge in [-0.15, -0.1) is 0 Å². The molecule has 1 N–H and O–H groups in total. The maximum Gasteiger partial charge on any atom is 0.289 e. The Bertz CT molecular complexity index is 695. The van der Waals surface area contributed by atoms with Crippen LogP contribution in [-0.2, 0) is 9.59 Å². The summed E-state index contributed by atoms with van der Waals surface area (Å²) in [4.78, 5) is 50.3. The van der Waals surface area contributed by atoms with E-state index in [0.29, 0.717) is 37.2 Å². The lowest BCUT2D eigenvalue weighted by Crippen LogP contribution is -2.48. The number of imide groups is 1. The van der Waals surface area contributed by atoms with Gasteiger partial charge in [0.05, 0.1) is 5.75 Å². The number of carbonyl (C=O) groups excluding carboxylic acids is 4. The second-order valence-electron chi connectivity index (χ2n) is 6.10. The van der Waals surface area contributed by atoms with Crippen molar-refractivity contribution >= 4 is 40.4 Å². The highest BCUT2D eigenvalue weighted by Gasteiger charge is 2.38. The van der Waals surface area contributed by atoms with Crippen LogP contribution < -0.4 is 5.32 Å². The van der Waals surface area contributed by atoms with Crippen molar-refractivity contribution in [2.75, 3.05) is 24.2 Å². The number of hydrogen-bond donors (Lipinski definition) is 1. The lowest BCUT2D eigenvalue weighted by Gasteiger charge is -2.35. The first-order valence-electron chi connectivity index (χ1n) is 8.11. The van der Waals surface area contributed by atoms with E-state index in [1.807, 2.05) is 0 Å². The minimum atomic E-state index is -0.177. The lowest BCUT2D eigenvalue weighted by molar-refractivity contribution is -0.126. The Morgan fingerprint density at radius 2 is 1.76 bits per heavy atom. The van der Waals surface area contributed by atoms with E-state index in [4.69, 9.17) is 0 Å². The molecular weight excluding hydrogens is 342 g/mol. The molecule has 0 radical (unpaired) electrons. The van der Waals surface area contributed by atoms with Crippen molar-refractivity contribution in [1.29, 1.82) is 0 Å². The molecule has 1 aromatic rings. The van der Waals surface area contributed by atoms with Crippen LogP contribution in [0, 0.1) is 0 Å². The summed E-state index contributed by atoms with van der Waals surface area (Å²) in [6.45, 7) is 2.45. The van der Waals surface area contributed by atoms with Gasteiger partial charge < -0.3 is 10.2 Å². The SMILES string of the molecule is CC(=O)Nc1ccc(C(=O)N2CCC(N3C(=O)CSC3=O)CC2)cc1. The van der Waals surface area contributed by atoms with E-state index in [0.717, 1.165) is 11.8 Å². The molecule has 0 spiro atoms. The van der Waals surface area contributed by atoms with Gasteiger partial charge in [-0.2, -0.15) is 0 Å². The zero-order chi connectivity index (χ0) is 18.0. The van der Waals surface area contributed by atoms with Crippen molar-refractivity contribution in [2.45, 2.75) is 25.8 Å². The van der Waals surface area contributed by atoms with Gasteiger partial charge in [0.25, 0.3) is 11.1 Å². The molecule has 2 heterocycles. The highest BCUT2D eigenvalue weighted by molar-refractivity contribution is 8.14. The first-order valence-corrected chi connectivity index (χ1v) is 9.10. The molecule has 1 aromatic carbocycles. The van der Waals surface area contributed by atoms with Crippen LogP contribution in [-0.4, -0.2) is 57.6 Å². The van der Waals surface area contributed by atoms with Crippen LogP contribution in [0.3, 0.4) is 0 Å². The van der Waals surface area contributed by atoms with Crippen molar-refractivity contribution in [3.05, 3.63) is 29.8 Å². The minimum Gasteiger partial charge on any atom is -0.338 e. The van der Waals surface area contributed by atoms with Crippen molar-refractivity contribution in [1.82, 2.24) is 9.80 Å². The maximum atomic E-state index is 12.6. The Hall–Kier alpha value is -2.35. The van der Waals surface area contributed by atoms with Crippen molar-refractivity contribution in [3.8, 4) is 0 Å². The van der Waals surface area contributed by atoms with E-state index in [1.54, 1.807) is 29.2 Å². The van der Waals surface area contributed by atoms with Gasteiger partial charge in [0.2, 0.25) is 11.8 Å². The number of carbonyl (C=O) groups is 4. The van der Waals surface area contributed by atoms with Crippen molar-refractivity contribution < 1.29 is 19.2 Å². The summed E-state index contributed by atoms with van der Waals surface area (Å²) < 4.78 is 0. The summed E-state index contributed by atoms with van der Waals surface area (Å²) in [5, 5.41) is 2.48. The second kappa shape index (κ2) is 7.26. The molecule has 0 aliphatic carbocycles. The van der Waals surface area contributed by atoms with Crippen LogP contribution in [0.2, 0.25) is 0 Å². The smallest absolute Gasteiger partial charge is 0.289 e. The molecule has 0 aromatic heterocycles. The molecule has 7 nitrogen and oxygen atoms in total. The van der Waals surface area contributed by atoms with Crippen LogP contribution in [0.25, 0.3) is 0 Å². The van der Waals surface area contributed by atoms with E-state index in [2.05, 4.69) is 5.32 Å². The molecule has 3 rings (SSSR count). The summed E-state index contributed by atoms with van der Waals surface area (Å²) in [6.07, 6.45) is 1.21. The van der Waals surface area contributed by atoms with Gasteiger partial charge in [0, 0.05) is 37.3 Å². The summed E-state index contributed by atoms with van der Waals surface area (Å²) in [5.41, 5.74) is 1.20. The van der Waals surface area contributed by atoms with Gasteiger partial charge in [-0.3, -0.25) is 24.1 Å². The monoisotopic (exact) mass is 361 g/mol. The number of anilines is 1. The Balaban J connectivity index is 1.59. The molecule has 2 aliphatic rings. The lowest BCUT2D eigenvalue weighted by atomic mass is 10.0. The third kappa shape index (κ3) is 3.84. The number of piperidine rings is 1. The number of amides is 4. The average molecular weight is 361 g/mol. The molecule has 2 aliphatic heterocycles. The van der Waals surface area contributed by atoms with Gasteiger partial charge in [-0.05, 0) is 37.1 Å². The fourth-order valence-corrected chi connectivity index (χ4v) is 3.90. The average Bonchev–Trinajstić information content (AvgIpc) is 2.93. The number of likely N-dealkylation sites (tertiary alicyclic amines) is 1. The van der Waals surface area contributed by atoms with Gasteiger partial charge >= 0.3 is 0 Å². The number of rotatable bonds is 3. The van der Waals surface area contributed by atoms with Crippen LogP contribution in [0.15, 0.2) is 24.3 Å². The second-order valence-corrected chi connectivity index (χ2v) is 7.03. The summed E-state index contributed by atoms with van der Waals surface area (Å²) in [5.74, 6) is -0.154. The number of benzene rings is 1. The number of hydrogen-bond acceptors (Lipinski definition) is 5. The molecule has 2 fully saturated rings. The normalized spacial score (nSPS) is 18.6. The Kier molecular flexibility index (Phi) is 5.08. The maximum absolute atomic E-state index is 12.6. The van der Waals surface area contributed by atoms with E-state index < -0.39 is 0 Å². The first kappa shape index (κ1) is 17.5. The van der Waals surface area contributed by atoms with E-state index >= 15 is 0 Å². The van der Waals surface area contributed by atoms with Crippen LogP contribution >= 0.6 is 11.8 Å². The predicted molar refractivity (Wildman–Crippen MR) is 94.4 cm³/mol. The number of nitrogens with one attached hydrogen (secondary N) is 1. The van der Waals surface area contributed by atoms with E-state index in [-0.39, 0.29) is 34.8 Å². The molecule has 2 saturated heterocycles. The van der Waals surface area contributed by atoms with E-state index in [9.17, 15) is 19.2 Å². The van der Waals surface area contributed by atoms with Crippen LogP contribution in [0.5, 0.6) is 0 Å². The van der Waals surface area contributed by atoms with Crippen LogP contribution in [0.1, 0.15) is 30.1 Å². The largest absolute Gasteiger partial charge is 0.338 e. The van der Waals surface area contributed by atoms with Gasteiger partial charge in [-0.1, -0.05) is 11.8 Å². The third-order valence-corrected chi connectivity index (χ3v) is 5.19.